The Morgan fingerprint density at radius 3 is 2.62 bits per heavy atom. The minimum Gasteiger partial charge on any atom is -0.489 e. The first kappa shape index (κ1) is 27.6. The van der Waals surface area contributed by atoms with Gasteiger partial charge in [0.25, 0.3) is 0 Å². The fraction of sp³-hybridized carbons (Fsp3) is 0.379. The third-order valence-electron chi connectivity index (χ3n) is 6.70. The number of alkyl halides is 3. The topological polar surface area (TPSA) is 87.2 Å². The number of hydrogen-bond donors (Lipinski definition) is 1. The van der Waals surface area contributed by atoms with Crippen molar-refractivity contribution in [1.82, 2.24) is 29.7 Å². The lowest BCUT2D eigenvalue weighted by Gasteiger charge is -2.35. The second-order valence-electron chi connectivity index (χ2n) is 10.2. The molecular weight excluding hydrogens is 521 g/mol. The number of rotatable bonds is 8. The number of amides is 1. The highest BCUT2D eigenvalue weighted by Crippen LogP contribution is 2.31. The summed E-state index contributed by atoms with van der Waals surface area (Å²) < 4.78 is 43.6. The maximum absolute atomic E-state index is 12.5. The van der Waals surface area contributed by atoms with Crippen LogP contribution in [0.4, 0.5) is 13.2 Å². The number of benzene rings is 1. The van der Waals surface area contributed by atoms with Crippen LogP contribution in [0, 0.1) is 0 Å². The van der Waals surface area contributed by atoms with Gasteiger partial charge in [-0.3, -0.25) is 19.7 Å². The van der Waals surface area contributed by atoms with E-state index in [0.29, 0.717) is 39.1 Å². The van der Waals surface area contributed by atoms with E-state index in [0.717, 1.165) is 45.0 Å². The van der Waals surface area contributed by atoms with E-state index in [2.05, 4.69) is 25.9 Å². The largest absolute Gasteiger partial charge is 0.489 e. The Morgan fingerprint density at radius 2 is 1.88 bits per heavy atom. The number of fused-ring (bicyclic) bond motifs is 1. The van der Waals surface area contributed by atoms with Gasteiger partial charge < -0.3 is 14.6 Å². The number of nitrogens with zero attached hydrogens (tertiary/aromatic N) is 5. The molecule has 5 rings (SSSR count). The summed E-state index contributed by atoms with van der Waals surface area (Å²) in [6.07, 6.45) is -0.0916. The SMILES string of the molecule is CC(C)Oc1cnccc1-c1ccc2nc(Cc3cc(CN4CCN(C(=O)CC(F)(F)F)CC4)ccn3)[nH]c2c1. The number of hydrogen-bond acceptors (Lipinski definition) is 6. The molecule has 8 nitrogen and oxygen atoms in total. The second kappa shape index (κ2) is 11.6. The van der Waals surface area contributed by atoms with Crippen molar-refractivity contribution >= 4 is 16.9 Å². The molecule has 1 aliphatic heterocycles. The molecule has 40 heavy (non-hydrogen) atoms. The molecule has 210 valence electrons. The van der Waals surface area contributed by atoms with Crippen LogP contribution in [0.3, 0.4) is 0 Å². The normalized spacial score (nSPS) is 14.7. The van der Waals surface area contributed by atoms with Gasteiger partial charge in [0.15, 0.2) is 0 Å². The molecule has 4 heterocycles. The number of piperazine rings is 1. The molecule has 1 amide bonds. The highest BCUT2D eigenvalue weighted by molar-refractivity contribution is 5.83. The molecule has 0 atom stereocenters. The van der Waals surface area contributed by atoms with Crippen molar-refractivity contribution < 1.29 is 22.7 Å². The quantitative estimate of drug-likeness (QED) is 0.331. The number of H-pyrrole nitrogens is 1. The zero-order chi connectivity index (χ0) is 28.3. The van der Waals surface area contributed by atoms with Gasteiger partial charge in [0.1, 0.15) is 18.0 Å². The van der Waals surface area contributed by atoms with Gasteiger partial charge in [-0.15, -0.1) is 0 Å². The maximum Gasteiger partial charge on any atom is 0.397 e. The van der Waals surface area contributed by atoms with Gasteiger partial charge in [0.05, 0.1) is 23.3 Å². The molecule has 1 N–H and O–H groups in total. The predicted octanol–water partition coefficient (Wildman–Crippen LogP) is 4.99. The van der Waals surface area contributed by atoms with Crippen molar-refractivity contribution in [1.29, 1.82) is 0 Å². The average molecular weight is 553 g/mol. The first-order valence-corrected chi connectivity index (χ1v) is 13.2. The fourth-order valence-corrected chi connectivity index (χ4v) is 4.87. The molecule has 1 fully saturated rings. The Bertz CT molecular complexity index is 1480. The van der Waals surface area contributed by atoms with Crippen molar-refractivity contribution in [3.05, 3.63) is 72.1 Å². The highest BCUT2D eigenvalue weighted by atomic mass is 19.4. The predicted molar refractivity (Wildman–Crippen MR) is 145 cm³/mol. The monoisotopic (exact) mass is 552 g/mol. The van der Waals surface area contributed by atoms with Crippen LogP contribution in [-0.4, -0.2) is 74.1 Å². The molecule has 0 unspecified atom stereocenters. The molecule has 0 aliphatic carbocycles. The zero-order valence-corrected chi connectivity index (χ0v) is 22.4. The lowest BCUT2D eigenvalue weighted by Crippen LogP contribution is -2.49. The van der Waals surface area contributed by atoms with E-state index in [1.807, 2.05) is 44.2 Å². The minimum atomic E-state index is -4.48. The van der Waals surface area contributed by atoms with E-state index in [1.54, 1.807) is 18.6 Å². The average Bonchev–Trinajstić information content (AvgIpc) is 3.30. The van der Waals surface area contributed by atoms with E-state index in [1.165, 1.54) is 4.90 Å². The smallest absolute Gasteiger partial charge is 0.397 e. The fourth-order valence-electron chi connectivity index (χ4n) is 4.87. The van der Waals surface area contributed by atoms with Crippen LogP contribution in [0.15, 0.2) is 55.0 Å². The summed E-state index contributed by atoms with van der Waals surface area (Å²) in [6, 6.07) is 11.9. The zero-order valence-electron chi connectivity index (χ0n) is 22.4. The second-order valence-corrected chi connectivity index (χ2v) is 10.2. The Hall–Kier alpha value is -3.99. The van der Waals surface area contributed by atoms with Crippen molar-refractivity contribution in [2.24, 2.45) is 0 Å². The van der Waals surface area contributed by atoms with Crippen LogP contribution in [0.25, 0.3) is 22.2 Å². The number of pyridine rings is 2. The summed E-state index contributed by atoms with van der Waals surface area (Å²) in [7, 11) is 0. The summed E-state index contributed by atoms with van der Waals surface area (Å²) in [5, 5.41) is 0. The molecular formula is C29H31F3N6O2. The molecule has 1 saturated heterocycles. The van der Waals surface area contributed by atoms with E-state index >= 15 is 0 Å². The Labute approximate surface area is 230 Å². The molecule has 11 heteroatoms. The van der Waals surface area contributed by atoms with Gasteiger partial charge in [-0.2, -0.15) is 13.2 Å². The number of aromatic nitrogens is 4. The number of halogens is 3. The summed E-state index contributed by atoms with van der Waals surface area (Å²) >= 11 is 0. The van der Waals surface area contributed by atoms with Crippen LogP contribution < -0.4 is 4.74 Å². The standard InChI is InChI=1S/C29H31F3N6O2/c1-19(2)40-26-17-33-7-6-23(26)21-3-4-24-25(14-21)36-27(35-24)15-22-13-20(5-8-34-22)18-37-9-11-38(12-10-37)28(39)16-29(30,31)32/h3-8,13-14,17,19H,9-12,15-16,18H2,1-2H3,(H,35,36). The van der Waals surface area contributed by atoms with Crippen molar-refractivity contribution in [2.45, 2.75) is 45.5 Å². The van der Waals surface area contributed by atoms with Gasteiger partial charge >= 0.3 is 6.18 Å². The van der Waals surface area contributed by atoms with Crippen molar-refractivity contribution in [3.63, 3.8) is 0 Å². The van der Waals surface area contributed by atoms with E-state index < -0.39 is 18.5 Å². The van der Waals surface area contributed by atoms with Gasteiger partial charge in [0.2, 0.25) is 5.91 Å². The van der Waals surface area contributed by atoms with Gasteiger partial charge in [-0.1, -0.05) is 6.07 Å². The van der Waals surface area contributed by atoms with E-state index in [-0.39, 0.29) is 6.10 Å². The van der Waals surface area contributed by atoms with Crippen molar-refractivity contribution in [2.75, 3.05) is 26.2 Å². The van der Waals surface area contributed by atoms with Crippen LogP contribution in [0.5, 0.6) is 5.75 Å². The molecule has 0 spiro atoms. The van der Waals surface area contributed by atoms with Crippen molar-refractivity contribution in [3.8, 4) is 16.9 Å². The lowest BCUT2D eigenvalue weighted by molar-refractivity contribution is -0.162. The van der Waals surface area contributed by atoms with Crippen LogP contribution >= 0.6 is 0 Å². The minimum absolute atomic E-state index is 0.0331. The molecule has 0 radical (unpaired) electrons. The Balaban J connectivity index is 1.23. The third kappa shape index (κ3) is 6.95. The summed E-state index contributed by atoms with van der Waals surface area (Å²) in [5.74, 6) is 0.662. The molecule has 1 aromatic carbocycles. The number of ether oxygens (including phenoxy) is 1. The molecule has 3 aromatic heterocycles. The highest BCUT2D eigenvalue weighted by Gasteiger charge is 2.34. The number of carbonyl (C=O) groups excluding carboxylic acids is 1. The lowest BCUT2D eigenvalue weighted by atomic mass is 10.1. The number of nitrogens with one attached hydrogen (secondary N) is 1. The van der Waals surface area contributed by atoms with Gasteiger partial charge in [-0.25, -0.2) is 4.98 Å². The molecule has 4 aromatic rings. The summed E-state index contributed by atoms with van der Waals surface area (Å²) in [5.41, 5.74) is 5.64. The number of carbonyl (C=O) groups is 1. The first-order valence-electron chi connectivity index (χ1n) is 13.2. The summed E-state index contributed by atoms with van der Waals surface area (Å²) in [4.78, 5) is 32.2. The van der Waals surface area contributed by atoms with E-state index in [9.17, 15) is 18.0 Å². The van der Waals surface area contributed by atoms with E-state index in [4.69, 9.17) is 9.72 Å². The molecule has 0 bridgehead atoms. The maximum atomic E-state index is 12.5. The Kier molecular flexibility index (Phi) is 8.02. The van der Waals surface area contributed by atoms with Crippen LogP contribution in [0.2, 0.25) is 0 Å². The number of aromatic amines is 1. The molecule has 1 aliphatic rings. The Morgan fingerprint density at radius 1 is 1.07 bits per heavy atom. The van der Waals surface area contributed by atoms with Gasteiger partial charge in [0, 0.05) is 62.8 Å². The number of imidazole rings is 1. The van der Waals surface area contributed by atoms with Gasteiger partial charge in [-0.05, 0) is 55.3 Å². The third-order valence-corrected chi connectivity index (χ3v) is 6.70. The van der Waals surface area contributed by atoms with Crippen LogP contribution in [-0.2, 0) is 17.8 Å². The molecule has 0 saturated carbocycles. The van der Waals surface area contributed by atoms with Crippen LogP contribution in [0.1, 0.15) is 37.4 Å². The first-order chi connectivity index (χ1) is 19.1. The summed E-state index contributed by atoms with van der Waals surface area (Å²) in [6.45, 7) is 6.22.